The molecule has 134 valence electrons. The van der Waals surface area contributed by atoms with Crippen molar-refractivity contribution in [2.75, 3.05) is 25.0 Å². The number of anilines is 1. The lowest BCUT2D eigenvalue weighted by atomic mass is 10.3. The zero-order valence-electron chi connectivity index (χ0n) is 13.7. The van der Waals surface area contributed by atoms with E-state index >= 15 is 0 Å². The SMILES string of the molecule is CCN(CC(=O)NCc1cccs1)CC(=O)Nc1ccc(F)cc1Cl. The van der Waals surface area contributed by atoms with E-state index in [1.165, 1.54) is 12.1 Å². The predicted molar refractivity (Wildman–Crippen MR) is 98.3 cm³/mol. The number of hydrogen-bond donors (Lipinski definition) is 2. The van der Waals surface area contributed by atoms with Crippen molar-refractivity contribution in [3.05, 3.63) is 51.4 Å². The fourth-order valence-corrected chi connectivity index (χ4v) is 2.98. The van der Waals surface area contributed by atoms with E-state index in [-0.39, 0.29) is 29.9 Å². The first-order chi connectivity index (χ1) is 12.0. The van der Waals surface area contributed by atoms with E-state index in [1.54, 1.807) is 16.2 Å². The number of carbonyl (C=O) groups is 2. The highest BCUT2D eigenvalue weighted by atomic mass is 35.5. The third-order valence-electron chi connectivity index (χ3n) is 3.43. The Morgan fingerprint density at radius 3 is 2.64 bits per heavy atom. The van der Waals surface area contributed by atoms with Crippen LogP contribution in [0.25, 0.3) is 0 Å². The van der Waals surface area contributed by atoms with Crippen molar-refractivity contribution in [3.63, 3.8) is 0 Å². The van der Waals surface area contributed by atoms with Crippen molar-refractivity contribution < 1.29 is 14.0 Å². The maximum atomic E-state index is 13.0. The Balaban J connectivity index is 1.81. The van der Waals surface area contributed by atoms with Gasteiger partial charge in [0.15, 0.2) is 0 Å². The van der Waals surface area contributed by atoms with Crippen molar-refractivity contribution in [1.29, 1.82) is 0 Å². The summed E-state index contributed by atoms with van der Waals surface area (Å²) in [6.45, 7) is 3.04. The highest BCUT2D eigenvalue weighted by molar-refractivity contribution is 7.09. The molecule has 0 saturated carbocycles. The van der Waals surface area contributed by atoms with Crippen LogP contribution in [-0.2, 0) is 16.1 Å². The summed E-state index contributed by atoms with van der Waals surface area (Å²) in [6, 6.07) is 7.63. The Hall–Kier alpha value is -1.96. The summed E-state index contributed by atoms with van der Waals surface area (Å²) in [5, 5.41) is 7.52. The van der Waals surface area contributed by atoms with Gasteiger partial charge in [0.05, 0.1) is 30.3 Å². The molecule has 0 aliphatic carbocycles. The lowest BCUT2D eigenvalue weighted by molar-refractivity contribution is -0.123. The molecule has 0 saturated heterocycles. The van der Waals surface area contributed by atoms with Crippen LogP contribution in [0.2, 0.25) is 5.02 Å². The average Bonchev–Trinajstić information content (AvgIpc) is 3.08. The summed E-state index contributed by atoms with van der Waals surface area (Å²) in [6.07, 6.45) is 0. The van der Waals surface area contributed by atoms with Crippen LogP contribution in [0.1, 0.15) is 11.8 Å². The van der Waals surface area contributed by atoms with E-state index < -0.39 is 5.82 Å². The summed E-state index contributed by atoms with van der Waals surface area (Å²) in [7, 11) is 0. The van der Waals surface area contributed by atoms with Crippen LogP contribution < -0.4 is 10.6 Å². The minimum absolute atomic E-state index is 0.0383. The Bertz CT molecular complexity index is 725. The smallest absolute Gasteiger partial charge is 0.238 e. The molecule has 2 rings (SSSR count). The highest BCUT2D eigenvalue weighted by Crippen LogP contribution is 2.22. The maximum absolute atomic E-state index is 13.0. The van der Waals surface area contributed by atoms with E-state index in [2.05, 4.69) is 10.6 Å². The third-order valence-corrected chi connectivity index (χ3v) is 4.62. The molecule has 0 radical (unpaired) electrons. The van der Waals surface area contributed by atoms with Crippen molar-refractivity contribution in [1.82, 2.24) is 10.2 Å². The molecular formula is C17H19ClFN3O2S. The minimum atomic E-state index is -0.472. The molecule has 2 N–H and O–H groups in total. The fourth-order valence-electron chi connectivity index (χ4n) is 2.12. The van der Waals surface area contributed by atoms with Crippen LogP contribution in [0.3, 0.4) is 0 Å². The summed E-state index contributed by atoms with van der Waals surface area (Å²) in [5.41, 5.74) is 0.339. The molecule has 2 amide bonds. The van der Waals surface area contributed by atoms with Gasteiger partial charge in [0.1, 0.15) is 5.82 Å². The first kappa shape index (κ1) is 19.4. The molecule has 1 heterocycles. The van der Waals surface area contributed by atoms with Crippen LogP contribution in [0.5, 0.6) is 0 Å². The first-order valence-corrected chi connectivity index (χ1v) is 9.00. The molecule has 0 aliphatic heterocycles. The predicted octanol–water partition coefficient (Wildman–Crippen LogP) is 3.12. The standard InChI is InChI=1S/C17H19ClFN3O2S/c1-2-22(10-16(23)20-9-13-4-3-7-25-13)11-17(24)21-15-6-5-12(19)8-14(15)18/h3-8H,2,9-11H2,1H3,(H,20,23)(H,21,24). The first-order valence-electron chi connectivity index (χ1n) is 7.74. The molecule has 2 aromatic rings. The van der Waals surface area contributed by atoms with Crippen molar-refractivity contribution in [3.8, 4) is 0 Å². The number of thiophene rings is 1. The molecule has 5 nitrogen and oxygen atoms in total. The van der Waals surface area contributed by atoms with Crippen LogP contribution in [0.15, 0.2) is 35.7 Å². The van der Waals surface area contributed by atoms with E-state index in [1.807, 2.05) is 24.4 Å². The summed E-state index contributed by atoms with van der Waals surface area (Å²) >= 11 is 7.46. The van der Waals surface area contributed by atoms with Crippen molar-refractivity contribution in [2.24, 2.45) is 0 Å². The molecule has 25 heavy (non-hydrogen) atoms. The second-order valence-electron chi connectivity index (χ2n) is 5.33. The third kappa shape index (κ3) is 6.45. The molecule has 0 aliphatic rings. The topological polar surface area (TPSA) is 61.4 Å². The van der Waals surface area contributed by atoms with E-state index in [0.29, 0.717) is 18.8 Å². The van der Waals surface area contributed by atoms with E-state index in [0.717, 1.165) is 10.9 Å². The quantitative estimate of drug-likeness (QED) is 0.736. The normalized spacial score (nSPS) is 10.7. The number of nitrogens with one attached hydrogen (secondary N) is 2. The lowest BCUT2D eigenvalue weighted by Gasteiger charge is -2.19. The highest BCUT2D eigenvalue weighted by Gasteiger charge is 2.14. The lowest BCUT2D eigenvalue weighted by Crippen LogP contribution is -2.40. The number of amides is 2. The molecule has 0 atom stereocenters. The number of benzene rings is 1. The summed E-state index contributed by atoms with van der Waals surface area (Å²) in [4.78, 5) is 26.9. The van der Waals surface area contributed by atoms with Crippen LogP contribution in [0.4, 0.5) is 10.1 Å². The second-order valence-corrected chi connectivity index (χ2v) is 6.77. The van der Waals surface area contributed by atoms with Crippen LogP contribution in [-0.4, -0.2) is 36.3 Å². The Labute approximate surface area is 154 Å². The van der Waals surface area contributed by atoms with Gasteiger partial charge in [0, 0.05) is 4.88 Å². The van der Waals surface area contributed by atoms with Gasteiger partial charge in [-0.15, -0.1) is 11.3 Å². The van der Waals surface area contributed by atoms with E-state index in [4.69, 9.17) is 11.6 Å². The average molecular weight is 384 g/mol. The number of likely N-dealkylation sites (N-methyl/N-ethyl adjacent to an activating group) is 1. The van der Waals surface area contributed by atoms with Gasteiger partial charge < -0.3 is 10.6 Å². The number of nitrogens with zero attached hydrogens (tertiary/aromatic N) is 1. The molecular weight excluding hydrogens is 365 g/mol. The van der Waals surface area contributed by atoms with Gasteiger partial charge in [0.2, 0.25) is 11.8 Å². The fraction of sp³-hybridized carbons (Fsp3) is 0.294. The van der Waals surface area contributed by atoms with Gasteiger partial charge >= 0.3 is 0 Å². The molecule has 0 bridgehead atoms. The Morgan fingerprint density at radius 2 is 2.00 bits per heavy atom. The number of carbonyl (C=O) groups excluding carboxylic acids is 2. The zero-order valence-corrected chi connectivity index (χ0v) is 15.3. The van der Waals surface area contributed by atoms with Crippen molar-refractivity contribution >= 4 is 40.4 Å². The van der Waals surface area contributed by atoms with Gasteiger partial charge in [-0.2, -0.15) is 0 Å². The van der Waals surface area contributed by atoms with Crippen LogP contribution >= 0.6 is 22.9 Å². The number of halogens is 2. The molecule has 0 unspecified atom stereocenters. The zero-order chi connectivity index (χ0) is 18.2. The molecule has 1 aromatic carbocycles. The largest absolute Gasteiger partial charge is 0.350 e. The van der Waals surface area contributed by atoms with Gasteiger partial charge in [-0.3, -0.25) is 14.5 Å². The number of rotatable bonds is 8. The maximum Gasteiger partial charge on any atom is 0.238 e. The van der Waals surface area contributed by atoms with E-state index in [9.17, 15) is 14.0 Å². The summed E-state index contributed by atoms with van der Waals surface area (Å²) in [5.74, 6) is -0.940. The van der Waals surface area contributed by atoms with Gasteiger partial charge in [-0.25, -0.2) is 4.39 Å². The van der Waals surface area contributed by atoms with Gasteiger partial charge in [0.25, 0.3) is 0 Å². The molecule has 1 aromatic heterocycles. The van der Waals surface area contributed by atoms with Gasteiger partial charge in [-0.1, -0.05) is 24.6 Å². The second kappa shape index (κ2) is 9.50. The molecule has 8 heteroatoms. The Morgan fingerprint density at radius 1 is 1.24 bits per heavy atom. The van der Waals surface area contributed by atoms with Gasteiger partial charge in [-0.05, 0) is 36.2 Å². The molecule has 0 spiro atoms. The van der Waals surface area contributed by atoms with Crippen LogP contribution in [0, 0.1) is 5.82 Å². The monoisotopic (exact) mass is 383 g/mol. The minimum Gasteiger partial charge on any atom is -0.350 e. The molecule has 0 fully saturated rings. The number of hydrogen-bond acceptors (Lipinski definition) is 4. The Kier molecular flexibility index (Phi) is 7.36. The van der Waals surface area contributed by atoms with Crippen molar-refractivity contribution in [2.45, 2.75) is 13.5 Å². The summed E-state index contributed by atoms with van der Waals surface area (Å²) < 4.78 is 13.0.